The quantitative estimate of drug-likeness (QED) is 0.624. The zero-order valence-corrected chi connectivity index (χ0v) is 11.6. The van der Waals surface area contributed by atoms with Crippen molar-refractivity contribution in [1.29, 1.82) is 0 Å². The average Bonchev–Trinajstić information content (AvgIpc) is 2.89. The number of nitrogens with one attached hydrogen (secondary N) is 1. The van der Waals surface area contributed by atoms with Crippen molar-refractivity contribution in [3.63, 3.8) is 0 Å². The Morgan fingerprint density at radius 2 is 2.20 bits per heavy atom. The van der Waals surface area contributed by atoms with Crippen LogP contribution < -0.4 is 10.6 Å². The third kappa shape index (κ3) is 3.61. The van der Waals surface area contributed by atoms with E-state index >= 15 is 0 Å². The number of carbonyl (C=O) groups is 1. The number of rotatable bonds is 6. The molecule has 20 heavy (non-hydrogen) atoms. The molecule has 1 heterocycles. The summed E-state index contributed by atoms with van der Waals surface area (Å²) in [5.74, 6) is 0.440. The summed E-state index contributed by atoms with van der Waals surface area (Å²) in [6.45, 7) is 4.14. The van der Waals surface area contributed by atoms with Crippen LogP contribution in [0.4, 0.5) is 11.6 Å². The van der Waals surface area contributed by atoms with Gasteiger partial charge in [0.05, 0.1) is 5.75 Å². The summed E-state index contributed by atoms with van der Waals surface area (Å²) in [7, 11) is 0. The van der Waals surface area contributed by atoms with E-state index in [0.717, 1.165) is 5.69 Å². The Morgan fingerprint density at radius 3 is 2.80 bits per heavy atom. The Bertz CT molecular complexity index is 583. The van der Waals surface area contributed by atoms with E-state index in [9.17, 15) is 4.79 Å². The summed E-state index contributed by atoms with van der Waals surface area (Å²) >= 11 is 1.24. The molecule has 7 heteroatoms. The molecular weight excluding hydrogens is 274 g/mol. The van der Waals surface area contributed by atoms with Crippen LogP contribution in [-0.2, 0) is 4.79 Å². The van der Waals surface area contributed by atoms with Gasteiger partial charge in [-0.1, -0.05) is 36.0 Å². The van der Waals surface area contributed by atoms with E-state index in [-0.39, 0.29) is 17.6 Å². The lowest BCUT2D eigenvalue weighted by Gasteiger charge is -2.20. The van der Waals surface area contributed by atoms with Gasteiger partial charge in [0.1, 0.15) is 0 Å². The van der Waals surface area contributed by atoms with Gasteiger partial charge in [0.2, 0.25) is 17.0 Å². The molecule has 1 amide bonds. The molecule has 1 aromatic heterocycles. The first kappa shape index (κ1) is 14.1. The minimum absolute atomic E-state index is 0.0375. The summed E-state index contributed by atoms with van der Waals surface area (Å²) in [6, 6.07) is 9.46. The highest BCUT2D eigenvalue weighted by molar-refractivity contribution is 7.99. The number of anilines is 2. The van der Waals surface area contributed by atoms with E-state index in [0.29, 0.717) is 11.7 Å². The van der Waals surface area contributed by atoms with Crippen molar-refractivity contribution >= 4 is 29.3 Å². The number of nitrogens with zero attached hydrogens (tertiary/aromatic N) is 3. The van der Waals surface area contributed by atoms with Crippen molar-refractivity contribution in [3.05, 3.63) is 43.0 Å². The normalized spacial score (nSPS) is 10.2. The van der Waals surface area contributed by atoms with Crippen molar-refractivity contribution in [2.75, 3.05) is 22.9 Å². The molecule has 0 atom stereocenters. The fourth-order valence-electron chi connectivity index (χ4n) is 1.62. The molecule has 0 aliphatic rings. The highest BCUT2D eigenvalue weighted by Gasteiger charge is 2.15. The first-order valence-corrected chi connectivity index (χ1v) is 6.96. The van der Waals surface area contributed by atoms with Crippen LogP contribution in [-0.4, -0.2) is 33.4 Å². The second-order valence-electron chi connectivity index (χ2n) is 3.92. The summed E-state index contributed by atoms with van der Waals surface area (Å²) in [6.07, 6.45) is 1.69. The monoisotopic (exact) mass is 289 g/mol. The average molecular weight is 289 g/mol. The van der Waals surface area contributed by atoms with Crippen LogP contribution in [0.3, 0.4) is 0 Å². The molecule has 104 valence electrons. The van der Waals surface area contributed by atoms with Gasteiger partial charge in [-0.15, -0.1) is 11.7 Å². The number of carbonyl (C=O) groups excluding carboxylic acids is 1. The van der Waals surface area contributed by atoms with Gasteiger partial charge in [-0.25, -0.2) is 5.10 Å². The van der Waals surface area contributed by atoms with E-state index in [4.69, 9.17) is 5.73 Å². The van der Waals surface area contributed by atoms with Crippen LogP contribution in [0.2, 0.25) is 0 Å². The number of hydrogen-bond donors (Lipinski definition) is 2. The van der Waals surface area contributed by atoms with Gasteiger partial charge in [-0.2, -0.15) is 4.98 Å². The lowest BCUT2D eigenvalue weighted by atomic mass is 10.3. The maximum Gasteiger partial charge on any atom is 0.237 e. The molecule has 0 aliphatic carbocycles. The zero-order chi connectivity index (χ0) is 14.4. The third-order valence-electron chi connectivity index (χ3n) is 2.49. The number of thioether (sulfide) groups is 1. The van der Waals surface area contributed by atoms with Crippen molar-refractivity contribution in [2.45, 2.75) is 5.16 Å². The first-order chi connectivity index (χ1) is 9.70. The molecule has 0 radical (unpaired) electrons. The fourth-order valence-corrected chi connectivity index (χ4v) is 2.30. The number of benzene rings is 1. The third-order valence-corrected chi connectivity index (χ3v) is 3.32. The summed E-state index contributed by atoms with van der Waals surface area (Å²) < 4.78 is 0. The van der Waals surface area contributed by atoms with Gasteiger partial charge < -0.3 is 10.6 Å². The number of amides is 1. The van der Waals surface area contributed by atoms with Gasteiger partial charge in [0.15, 0.2) is 0 Å². The SMILES string of the molecule is C=CCN(C(=O)CSc1n[nH]c(N)n1)c1ccccc1. The van der Waals surface area contributed by atoms with Gasteiger partial charge in [0.25, 0.3) is 0 Å². The van der Waals surface area contributed by atoms with E-state index in [1.54, 1.807) is 11.0 Å². The number of nitrogens with two attached hydrogens (primary N) is 1. The molecule has 0 saturated carbocycles. The highest BCUT2D eigenvalue weighted by atomic mass is 32.2. The molecule has 0 saturated heterocycles. The molecule has 0 bridgehead atoms. The minimum atomic E-state index is -0.0375. The standard InChI is InChI=1S/C13H15N5OS/c1-2-8-18(10-6-4-3-5-7-10)11(19)9-20-13-15-12(14)16-17-13/h2-7H,1,8-9H2,(H3,14,15,16,17). The predicted molar refractivity (Wildman–Crippen MR) is 80.5 cm³/mol. The molecule has 6 nitrogen and oxygen atoms in total. The van der Waals surface area contributed by atoms with Gasteiger partial charge in [-0.05, 0) is 12.1 Å². The number of H-pyrrole nitrogens is 1. The second kappa shape index (κ2) is 6.76. The lowest BCUT2D eigenvalue weighted by Crippen LogP contribution is -2.32. The lowest BCUT2D eigenvalue weighted by molar-refractivity contribution is -0.116. The molecule has 0 fully saturated rings. The smallest absolute Gasteiger partial charge is 0.237 e. The number of nitrogen functional groups attached to an aromatic ring is 1. The fraction of sp³-hybridized carbons (Fsp3) is 0.154. The van der Waals surface area contributed by atoms with Crippen molar-refractivity contribution in [1.82, 2.24) is 15.2 Å². The molecule has 2 aromatic rings. The van der Waals surface area contributed by atoms with Crippen LogP contribution in [0.15, 0.2) is 48.1 Å². The molecule has 1 aromatic carbocycles. The molecule has 0 unspecified atom stereocenters. The topological polar surface area (TPSA) is 87.9 Å². The Balaban J connectivity index is 2.02. The maximum absolute atomic E-state index is 12.3. The van der Waals surface area contributed by atoms with Crippen molar-refractivity contribution in [3.8, 4) is 0 Å². The Morgan fingerprint density at radius 1 is 1.45 bits per heavy atom. The van der Waals surface area contributed by atoms with Crippen LogP contribution in [0, 0.1) is 0 Å². The molecular formula is C13H15N5OS. The van der Waals surface area contributed by atoms with Crippen molar-refractivity contribution < 1.29 is 4.79 Å². The number of aromatic nitrogens is 3. The largest absolute Gasteiger partial charge is 0.368 e. The van der Waals surface area contributed by atoms with E-state index in [1.165, 1.54) is 11.8 Å². The summed E-state index contributed by atoms with van der Waals surface area (Å²) in [4.78, 5) is 17.9. The molecule has 0 spiro atoms. The van der Waals surface area contributed by atoms with E-state index in [1.807, 2.05) is 30.3 Å². The maximum atomic E-state index is 12.3. The van der Waals surface area contributed by atoms with E-state index in [2.05, 4.69) is 21.8 Å². The number of hydrogen-bond acceptors (Lipinski definition) is 5. The summed E-state index contributed by atoms with van der Waals surface area (Å²) in [5.41, 5.74) is 6.27. The zero-order valence-electron chi connectivity index (χ0n) is 10.8. The van der Waals surface area contributed by atoms with Gasteiger partial charge in [0, 0.05) is 12.2 Å². The van der Waals surface area contributed by atoms with Crippen LogP contribution >= 0.6 is 11.8 Å². The Labute approximate surface area is 121 Å². The molecule has 0 aliphatic heterocycles. The number of aromatic amines is 1. The predicted octanol–water partition coefficient (Wildman–Crippen LogP) is 1.70. The van der Waals surface area contributed by atoms with Crippen molar-refractivity contribution in [2.24, 2.45) is 0 Å². The Kier molecular flexibility index (Phi) is 4.78. The van der Waals surface area contributed by atoms with Gasteiger partial charge >= 0.3 is 0 Å². The number of para-hydroxylation sites is 1. The van der Waals surface area contributed by atoms with Crippen LogP contribution in [0.1, 0.15) is 0 Å². The minimum Gasteiger partial charge on any atom is -0.368 e. The van der Waals surface area contributed by atoms with Crippen LogP contribution in [0.25, 0.3) is 0 Å². The molecule has 3 N–H and O–H groups in total. The Hall–Kier alpha value is -2.28. The first-order valence-electron chi connectivity index (χ1n) is 5.97. The van der Waals surface area contributed by atoms with Crippen LogP contribution in [0.5, 0.6) is 0 Å². The summed E-state index contributed by atoms with van der Waals surface area (Å²) in [5, 5.41) is 6.87. The second-order valence-corrected chi connectivity index (χ2v) is 4.86. The van der Waals surface area contributed by atoms with E-state index < -0.39 is 0 Å². The molecule has 2 rings (SSSR count). The highest BCUT2D eigenvalue weighted by Crippen LogP contribution is 2.18. The van der Waals surface area contributed by atoms with Gasteiger partial charge in [-0.3, -0.25) is 4.79 Å².